The van der Waals surface area contributed by atoms with Gasteiger partial charge in [0.1, 0.15) is 0 Å². The van der Waals surface area contributed by atoms with Gasteiger partial charge < -0.3 is 15.2 Å². The molecule has 2 heterocycles. The second-order valence-electron chi connectivity index (χ2n) is 5.49. The van der Waals surface area contributed by atoms with Crippen LogP contribution in [0.1, 0.15) is 56.5 Å². The van der Waals surface area contributed by atoms with Crippen molar-refractivity contribution in [3.8, 4) is 0 Å². The first-order valence-electron chi connectivity index (χ1n) is 7.06. The number of carbonyl (C=O) groups is 1. The molecule has 0 bridgehead atoms. The first kappa shape index (κ1) is 14.1. The van der Waals surface area contributed by atoms with Crippen LogP contribution in [0.15, 0.2) is 10.6 Å². The molecule has 1 aliphatic rings. The SMILES string of the molecule is Cc1cc(C2CCCN2C(=O)CCCC(C)N)on1. The molecule has 19 heavy (non-hydrogen) atoms. The number of aryl methyl sites for hydroxylation is 1. The molecule has 1 aliphatic heterocycles. The standard InChI is InChI=1S/C14H23N3O2/c1-10(15)5-3-7-14(18)17-8-4-6-12(17)13-9-11(2)16-19-13/h9-10,12H,3-8,15H2,1-2H3. The average Bonchev–Trinajstić information content (AvgIpc) is 2.96. The van der Waals surface area contributed by atoms with Gasteiger partial charge in [-0.3, -0.25) is 4.79 Å². The van der Waals surface area contributed by atoms with Crippen LogP contribution in [0.2, 0.25) is 0 Å². The van der Waals surface area contributed by atoms with Crippen LogP contribution in [-0.4, -0.2) is 28.6 Å². The van der Waals surface area contributed by atoms with Gasteiger partial charge in [-0.2, -0.15) is 0 Å². The lowest BCUT2D eigenvalue weighted by Gasteiger charge is -2.22. The summed E-state index contributed by atoms with van der Waals surface area (Å²) in [5.41, 5.74) is 6.57. The molecule has 2 unspecified atom stereocenters. The number of rotatable bonds is 5. The van der Waals surface area contributed by atoms with Gasteiger partial charge in [-0.1, -0.05) is 5.16 Å². The third-order valence-corrected chi connectivity index (χ3v) is 3.60. The summed E-state index contributed by atoms with van der Waals surface area (Å²) in [6.07, 6.45) is 4.32. The number of likely N-dealkylation sites (tertiary alicyclic amines) is 1. The van der Waals surface area contributed by atoms with Crippen molar-refractivity contribution < 1.29 is 9.32 Å². The molecule has 1 saturated heterocycles. The summed E-state index contributed by atoms with van der Waals surface area (Å²) < 4.78 is 5.31. The maximum absolute atomic E-state index is 12.2. The molecule has 1 aromatic heterocycles. The van der Waals surface area contributed by atoms with Crippen molar-refractivity contribution in [3.63, 3.8) is 0 Å². The Morgan fingerprint density at radius 3 is 3.11 bits per heavy atom. The highest BCUT2D eigenvalue weighted by Gasteiger charge is 2.32. The number of amides is 1. The third-order valence-electron chi connectivity index (χ3n) is 3.60. The number of nitrogens with two attached hydrogens (primary N) is 1. The van der Waals surface area contributed by atoms with Gasteiger partial charge in [0.15, 0.2) is 5.76 Å². The Hall–Kier alpha value is -1.36. The van der Waals surface area contributed by atoms with E-state index in [0.29, 0.717) is 6.42 Å². The van der Waals surface area contributed by atoms with Crippen molar-refractivity contribution >= 4 is 5.91 Å². The molecule has 2 N–H and O–H groups in total. The Kier molecular flexibility index (Phi) is 4.58. The van der Waals surface area contributed by atoms with Crippen LogP contribution in [0.4, 0.5) is 0 Å². The molecule has 0 saturated carbocycles. The van der Waals surface area contributed by atoms with E-state index in [1.54, 1.807) is 0 Å². The summed E-state index contributed by atoms with van der Waals surface area (Å²) in [5, 5.41) is 3.91. The van der Waals surface area contributed by atoms with E-state index in [4.69, 9.17) is 10.3 Å². The highest BCUT2D eigenvalue weighted by molar-refractivity contribution is 5.76. The normalized spacial score (nSPS) is 20.8. The zero-order valence-electron chi connectivity index (χ0n) is 11.8. The van der Waals surface area contributed by atoms with Crippen LogP contribution in [0.5, 0.6) is 0 Å². The minimum Gasteiger partial charge on any atom is -0.359 e. The number of hydrogen-bond donors (Lipinski definition) is 1. The van der Waals surface area contributed by atoms with Gasteiger partial charge in [-0.15, -0.1) is 0 Å². The summed E-state index contributed by atoms with van der Waals surface area (Å²) in [4.78, 5) is 14.2. The molecule has 2 rings (SSSR count). The molecule has 0 aliphatic carbocycles. The van der Waals surface area contributed by atoms with Crippen molar-refractivity contribution in [2.24, 2.45) is 5.73 Å². The predicted octanol–water partition coefficient (Wildman–Crippen LogP) is 2.16. The third kappa shape index (κ3) is 3.56. The van der Waals surface area contributed by atoms with E-state index in [2.05, 4.69) is 5.16 Å². The largest absolute Gasteiger partial charge is 0.359 e. The zero-order chi connectivity index (χ0) is 13.8. The molecular weight excluding hydrogens is 242 g/mol. The van der Waals surface area contributed by atoms with Crippen LogP contribution in [0.25, 0.3) is 0 Å². The van der Waals surface area contributed by atoms with E-state index < -0.39 is 0 Å². The van der Waals surface area contributed by atoms with Gasteiger partial charge in [0.05, 0.1) is 11.7 Å². The Bertz CT molecular complexity index is 428. The topological polar surface area (TPSA) is 72.4 Å². The maximum atomic E-state index is 12.2. The minimum atomic E-state index is 0.0731. The Morgan fingerprint density at radius 1 is 1.68 bits per heavy atom. The molecular formula is C14H23N3O2. The fourth-order valence-corrected chi connectivity index (χ4v) is 2.62. The van der Waals surface area contributed by atoms with Crippen LogP contribution >= 0.6 is 0 Å². The molecule has 1 amide bonds. The second-order valence-corrected chi connectivity index (χ2v) is 5.49. The maximum Gasteiger partial charge on any atom is 0.223 e. The lowest BCUT2D eigenvalue weighted by atomic mass is 10.1. The van der Waals surface area contributed by atoms with E-state index in [1.165, 1.54) is 0 Å². The van der Waals surface area contributed by atoms with Gasteiger partial charge in [0, 0.05) is 25.1 Å². The summed E-state index contributed by atoms with van der Waals surface area (Å²) in [6, 6.07) is 2.17. The van der Waals surface area contributed by atoms with Crippen LogP contribution < -0.4 is 5.73 Å². The predicted molar refractivity (Wildman–Crippen MR) is 72.4 cm³/mol. The van der Waals surface area contributed by atoms with Crippen molar-refractivity contribution in [2.75, 3.05) is 6.54 Å². The van der Waals surface area contributed by atoms with Crippen molar-refractivity contribution in [2.45, 2.75) is 58.0 Å². The smallest absolute Gasteiger partial charge is 0.223 e. The van der Waals surface area contributed by atoms with E-state index in [-0.39, 0.29) is 18.0 Å². The fourth-order valence-electron chi connectivity index (χ4n) is 2.62. The summed E-state index contributed by atoms with van der Waals surface area (Å²) >= 11 is 0. The molecule has 0 radical (unpaired) electrons. The number of carbonyl (C=O) groups excluding carboxylic acids is 1. The highest BCUT2D eigenvalue weighted by atomic mass is 16.5. The summed E-state index contributed by atoms with van der Waals surface area (Å²) in [5.74, 6) is 1.02. The first-order chi connectivity index (χ1) is 9.08. The Morgan fingerprint density at radius 2 is 2.47 bits per heavy atom. The first-order valence-corrected chi connectivity index (χ1v) is 7.06. The van der Waals surface area contributed by atoms with Gasteiger partial charge in [0.25, 0.3) is 0 Å². The fraction of sp³-hybridized carbons (Fsp3) is 0.714. The van der Waals surface area contributed by atoms with Gasteiger partial charge in [-0.05, 0) is 39.5 Å². The number of aromatic nitrogens is 1. The Labute approximate surface area is 114 Å². The second kappa shape index (κ2) is 6.19. The quantitative estimate of drug-likeness (QED) is 0.885. The monoisotopic (exact) mass is 265 g/mol. The summed E-state index contributed by atoms with van der Waals surface area (Å²) in [7, 11) is 0. The lowest BCUT2D eigenvalue weighted by molar-refractivity contribution is -0.132. The van der Waals surface area contributed by atoms with Crippen molar-refractivity contribution in [3.05, 3.63) is 17.5 Å². The molecule has 0 spiro atoms. The van der Waals surface area contributed by atoms with Crippen LogP contribution in [0, 0.1) is 6.92 Å². The minimum absolute atomic E-state index is 0.0731. The highest BCUT2D eigenvalue weighted by Crippen LogP contribution is 2.32. The molecule has 5 heteroatoms. The molecule has 5 nitrogen and oxygen atoms in total. The lowest BCUT2D eigenvalue weighted by Crippen LogP contribution is -2.30. The van der Waals surface area contributed by atoms with Crippen molar-refractivity contribution in [1.82, 2.24) is 10.1 Å². The number of nitrogens with zero attached hydrogens (tertiary/aromatic N) is 2. The van der Waals surface area contributed by atoms with E-state index in [1.807, 2.05) is 24.8 Å². The van der Waals surface area contributed by atoms with E-state index >= 15 is 0 Å². The van der Waals surface area contributed by atoms with E-state index in [0.717, 1.165) is 43.7 Å². The Balaban J connectivity index is 1.93. The zero-order valence-corrected chi connectivity index (χ0v) is 11.8. The molecule has 1 aromatic rings. The number of hydrogen-bond acceptors (Lipinski definition) is 4. The van der Waals surface area contributed by atoms with Crippen LogP contribution in [0.3, 0.4) is 0 Å². The van der Waals surface area contributed by atoms with Gasteiger partial charge >= 0.3 is 0 Å². The van der Waals surface area contributed by atoms with Gasteiger partial charge in [-0.25, -0.2) is 0 Å². The average molecular weight is 265 g/mol. The molecule has 1 fully saturated rings. The van der Waals surface area contributed by atoms with Crippen LogP contribution in [-0.2, 0) is 4.79 Å². The summed E-state index contributed by atoms with van der Waals surface area (Å²) in [6.45, 7) is 4.69. The van der Waals surface area contributed by atoms with E-state index in [9.17, 15) is 4.79 Å². The molecule has 106 valence electrons. The van der Waals surface area contributed by atoms with Crippen molar-refractivity contribution in [1.29, 1.82) is 0 Å². The molecule has 2 atom stereocenters. The molecule has 0 aromatic carbocycles. The van der Waals surface area contributed by atoms with Gasteiger partial charge in [0.2, 0.25) is 5.91 Å².